The summed E-state index contributed by atoms with van der Waals surface area (Å²) in [7, 11) is 0. The zero-order valence-electron chi connectivity index (χ0n) is 15.8. The second-order valence-electron chi connectivity index (χ2n) is 6.90. The predicted molar refractivity (Wildman–Crippen MR) is 106 cm³/mol. The number of carbonyl (C=O) groups excluding carboxylic acids is 1. The van der Waals surface area contributed by atoms with Crippen LogP contribution in [0.5, 0.6) is 11.5 Å². The fourth-order valence-electron chi connectivity index (χ4n) is 3.55. The van der Waals surface area contributed by atoms with Gasteiger partial charge in [-0.1, -0.05) is 6.07 Å². The van der Waals surface area contributed by atoms with Crippen LogP contribution in [0.1, 0.15) is 15.9 Å². The molecule has 8 heteroatoms. The number of nitrogens with zero attached hydrogens (tertiary/aromatic N) is 3. The number of morpholine rings is 1. The van der Waals surface area contributed by atoms with E-state index in [9.17, 15) is 4.79 Å². The van der Waals surface area contributed by atoms with Crippen LogP contribution in [0.25, 0.3) is 10.9 Å². The number of fused-ring (bicyclic) bond motifs is 2. The fraction of sp³-hybridized carbons (Fsp3) is 0.286. The van der Waals surface area contributed by atoms with Gasteiger partial charge < -0.3 is 24.4 Å². The minimum atomic E-state index is -0.152. The van der Waals surface area contributed by atoms with E-state index in [1.54, 1.807) is 12.4 Å². The van der Waals surface area contributed by atoms with Gasteiger partial charge in [-0.3, -0.25) is 4.79 Å². The number of aromatic nitrogens is 2. The number of hydrogen-bond acceptors (Lipinski definition) is 7. The maximum atomic E-state index is 12.7. The molecule has 0 atom stereocenters. The van der Waals surface area contributed by atoms with Gasteiger partial charge in [0.25, 0.3) is 5.91 Å². The number of rotatable bonds is 4. The van der Waals surface area contributed by atoms with Crippen molar-refractivity contribution in [2.75, 3.05) is 38.0 Å². The summed E-state index contributed by atoms with van der Waals surface area (Å²) in [5.41, 5.74) is 2.33. The Kier molecular flexibility index (Phi) is 4.61. The van der Waals surface area contributed by atoms with Crippen molar-refractivity contribution in [2.24, 2.45) is 0 Å². The van der Waals surface area contributed by atoms with Crippen LogP contribution in [0.2, 0.25) is 0 Å². The van der Waals surface area contributed by atoms with E-state index in [2.05, 4.69) is 20.2 Å². The van der Waals surface area contributed by atoms with Gasteiger partial charge >= 0.3 is 0 Å². The van der Waals surface area contributed by atoms with E-state index in [-0.39, 0.29) is 12.7 Å². The molecule has 0 unspecified atom stereocenters. The lowest BCUT2D eigenvalue weighted by molar-refractivity contribution is 0.0951. The highest BCUT2D eigenvalue weighted by atomic mass is 16.7. The van der Waals surface area contributed by atoms with Gasteiger partial charge in [0.15, 0.2) is 11.5 Å². The molecule has 3 aromatic rings. The van der Waals surface area contributed by atoms with Crippen LogP contribution in [-0.2, 0) is 11.3 Å². The number of hydrogen-bond donors (Lipinski definition) is 1. The number of nitrogens with one attached hydrogen (secondary N) is 1. The van der Waals surface area contributed by atoms with E-state index >= 15 is 0 Å². The van der Waals surface area contributed by atoms with Crippen molar-refractivity contribution < 1.29 is 19.0 Å². The zero-order chi connectivity index (χ0) is 19.6. The van der Waals surface area contributed by atoms with Crippen molar-refractivity contribution >= 4 is 22.6 Å². The number of anilines is 1. The molecule has 2 aliphatic heterocycles. The summed E-state index contributed by atoms with van der Waals surface area (Å²) in [5.74, 6) is 2.12. The summed E-state index contributed by atoms with van der Waals surface area (Å²) >= 11 is 0. The van der Waals surface area contributed by atoms with Gasteiger partial charge in [-0.15, -0.1) is 0 Å². The highest BCUT2D eigenvalue weighted by Crippen LogP contribution is 2.32. The third-order valence-corrected chi connectivity index (χ3v) is 5.08. The molecule has 1 amide bonds. The Hall–Kier alpha value is -3.39. The van der Waals surface area contributed by atoms with Gasteiger partial charge in [0.1, 0.15) is 12.1 Å². The lowest BCUT2D eigenvalue weighted by Crippen LogP contribution is -2.36. The van der Waals surface area contributed by atoms with Crippen molar-refractivity contribution in [3.05, 3.63) is 53.9 Å². The van der Waals surface area contributed by atoms with E-state index in [4.69, 9.17) is 14.2 Å². The molecular weight excluding hydrogens is 372 g/mol. The van der Waals surface area contributed by atoms with Crippen LogP contribution >= 0.6 is 0 Å². The summed E-state index contributed by atoms with van der Waals surface area (Å²) < 4.78 is 16.1. The molecule has 0 bridgehead atoms. The Morgan fingerprint density at radius 3 is 2.79 bits per heavy atom. The first kappa shape index (κ1) is 17.7. The molecular formula is C21H20N4O4. The smallest absolute Gasteiger partial charge is 0.251 e. The Bertz CT molecular complexity index is 1070. The van der Waals surface area contributed by atoms with Crippen molar-refractivity contribution in [3.63, 3.8) is 0 Å². The lowest BCUT2D eigenvalue weighted by Gasteiger charge is -2.28. The molecule has 1 N–H and O–H groups in total. The van der Waals surface area contributed by atoms with Gasteiger partial charge in [0.05, 0.1) is 18.7 Å². The summed E-state index contributed by atoms with van der Waals surface area (Å²) in [6.45, 7) is 3.51. The Morgan fingerprint density at radius 1 is 1.03 bits per heavy atom. The third-order valence-electron chi connectivity index (χ3n) is 5.08. The number of benzene rings is 2. The topological polar surface area (TPSA) is 85.8 Å². The zero-order valence-corrected chi connectivity index (χ0v) is 15.8. The van der Waals surface area contributed by atoms with Crippen LogP contribution in [0.3, 0.4) is 0 Å². The number of amides is 1. The van der Waals surface area contributed by atoms with E-state index in [1.165, 1.54) is 0 Å². The molecule has 1 fully saturated rings. The minimum Gasteiger partial charge on any atom is -0.454 e. The molecule has 0 radical (unpaired) electrons. The molecule has 0 spiro atoms. The van der Waals surface area contributed by atoms with Crippen LogP contribution in [-0.4, -0.2) is 49.0 Å². The quantitative estimate of drug-likeness (QED) is 0.728. The average molecular weight is 392 g/mol. The van der Waals surface area contributed by atoms with E-state index in [1.807, 2.05) is 30.3 Å². The average Bonchev–Trinajstić information content (AvgIpc) is 3.25. The second-order valence-corrected chi connectivity index (χ2v) is 6.90. The van der Waals surface area contributed by atoms with Gasteiger partial charge in [0.2, 0.25) is 6.79 Å². The number of carbonyl (C=O) groups is 1. The summed E-state index contributed by atoms with van der Waals surface area (Å²) in [4.78, 5) is 23.7. The molecule has 148 valence electrons. The summed E-state index contributed by atoms with van der Waals surface area (Å²) in [5, 5.41) is 3.83. The fourth-order valence-corrected chi connectivity index (χ4v) is 3.55. The molecule has 2 aromatic carbocycles. The lowest BCUT2D eigenvalue weighted by atomic mass is 10.1. The van der Waals surface area contributed by atoms with Gasteiger partial charge in [-0.25, -0.2) is 9.97 Å². The molecule has 0 aliphatic carbocycles. The van der Waals surface area contributed by atoms with Crippen molar-refractivity contribution in [1.29, 1.82) is 0 Å². The first-order valence-corrected chi connectivity index (χ1v) is 9.52. The first-order chi connectivity index (χ1) is 14.3. The van der Waals surface area contributed by atoms with E-state index < -0.39 is 0 Å². The van der Waals surface area contributed by atoms with Gasteiger partial charge in [-0.2, -0.15) is 0 Å². The predicted octanol–water partition coefficient (Wildman–Crippen LogP) is 2.13. The van der Waals surface area contributed by atoms with Gasteiger partial charge in [0, 0.05) is 30.6 Å². The van der Waals surface area contributed by atoms with Crippen molar-refractivity contribution in [3.8, 4) is 11.5 Å². The Morgan fingerprint density at radius 2 is 1.90 bits per heavy atom. The van der Waals surface area contributed by atoms with Gasteiger partial charge in [-0.05, 0) is 35.9 Å². The van der Waals surface area contributed by atoms with Crippen LogP contribution in [0.4, 0.5) is 5.82 Å². The second kappa shape index (κ2) is 7.56. The van der Waals surface area contributed by atoms with Crippen molar-refractivity contribution in [2.45, 2.75) is 6.54 Å². The molecule has 3 heterocycles. The highest BCUT2D eigenvalue weighted by Gasteiger charge is 2.17. The maximum Gasteiger partial charge on any atom is 0.251 e. The largest absolute Gasteiger partial charge is 0.454 e. The van der Waals surface area contributed by atoms with Crippen LogP contribution < -0.4 is 19.7 Å². The van der Waals surface area contributed by atoms with Crippen LogP contribution in [0, 0.1) is 0 Å². The summed E-state index contributed by atoms with van der Waals surface area (Å²) in [6.07, 6.45) is 1.56. The standard InChI is InChI=1S/C21H20N4O4/c26-21(22-11-14-1-4-18-19(9-14)29-13-28-18)15-2-3-17-16(10-15)20(24-12-23-17)25-5-7-27-8-6-25/h1-4,9-10,12H,5-8,11,13H2,(H,22,26). The third kappa shape index (κ3) is 3.54. The molecule has 1 saturated heterocycles. The Labute approximate surface area is 167 Å². The molecule has 2 aliphatic rings. The summed E-state index contributed by atoms with van der Waals surface area (Å²) in [6, 6.07) is 11.1. The van der Waals surface area contributed by atoms with E-state index in [0.717, 1.165) is 41.1 Å². The molecule has 29 heavy (non-hydrogen) atoms. The SMILES string of the molecule is O=C(NCc1ccc2c(c1)OCO2)c1ccc2ncnc(N3CCOCC3)c2c1. The number of ether oxygens (including phenoxy) is 3. The Balaban J connectivity index is 1.36. The minimum absolute atomic E-state index is 0.152. The molecule has 0 saturated carbocycles. The molecule has 5 rings (SSSR count). The molecule has 8 nitrogen and oxygen atoms in total. The highest BCUT2D eigenvalue weighted by molar-refractivity contribution is 6.00. The molecule has 1 aromatic heterocycles. The van der Waals surface area contributed by atoms with E-state index in [0.29, 0.717) is 31.1 Å². The van der Waals surface area contributed by atoms with Crippen LogP contribution in [0.15, 0.2) is 42.7 Å². The van der Waals surface area contributed by atoms with Crippen molar-refractivity contribution in [1.82, 2.24) is 15.3 Å². The monoisotopic (exact) mass is 392 g/mol. The normalized spacial score (nSPS) is 15.5. The first-order valence-electron chi connectivity index (χ1n) is 9.52. The maximum absolute atomic E-state index is 12.7.